The van der Waals surface area contributed by atoms with Gasteiger partial charge in [0.15, 0.2) is 9.84 Å². The van der Waals surface area contributed by atoms with Crippen LogP contribution >= 0.6 is 11.3 Å². The predicted molar refractivity (Wildman–Crippen MR) is 99.5 cm³/mol. The third-order valence-corrected chi connectivity index (χ3v) is 6.15. The molecule has 4 rings (SSSR count). The summed E-state index contributed by atoms with van der Waals surface area (Å²) in [6.07, 6.45) is 1.17. The molecule has 132 valence electrons. The first kappa shape index (κ1) is 16.9. The largest absolute Gasteiger partial charge is 0.224 e. The Hall–Kier alpha value is -2.58. The van der Waals surface area contributed by atoms with Gasteiger partial charge in [-0.3, -0.25) is 0 Å². The monoisotopic (exact) mass is 387 g/mol. The first-order valence-corrected chi connectivity index (χ1v) is 10.5. The maximum absolute atomic E-state index is 13.8. The van der Waals surface area contributed by atoms with E-state index in [-0.39, 0.29) is 10.7 Å². The number of halogens is 1. The van der Waals surface area contributed by atoms with Crippen LogP contribution < -0.4 is 0 Å². The SMILES string of the molecule is Cc1nc2sc(-c3ccc(S(C)(=O)=O)cc3)c(-c3cccc(F)c3)n2n1. The molecule has 0 saturated heterocycles. The average molecular weight is 387 g/mol. The number of hydrogen-bond acceptors (Lipinski definition) is 5. The quantitative estimate of drug-likeness (QED) is 0.533. The van der Waals surface area contributed by atoms with Crippen molar-refractivity contribution in [3.05, 3.63) is 60.2 Å². The Morgan fingerprint density at radius 3 is 2.46 bits per heavy atom. The van der Waals surface area contributed by atoms with Crippen molar-refractivity contribution >= 4 is 26.1 Å². The zero-order chi connectivity index (χ0) is 18.5. The molecule has 0 spiro atoms. The lowest BCUT2D eigenvalue weighted by atomic mass is 10.1. The Morgan fingerprint density at radius 2 is 1.81 bits per heavy atom. The van der Waals surface area contributed by atoms with Gasteiger partial charge >= 0.3 is 0 Å². The highest BCUT2D eigenvalue weighted by atomic mass is 32.2. The fourth-order valence-electron chi connectivity index (χ4n) is 2.78. The van der Waals surface area contributed by atoms with Gasteiger partial charge in [-0.15, -0.1) is 0 Å². The van der Waals surface area contributed by atoms with Crippen LogP contribution in [0.3, 0.4) is 0 Å². The zero-order valence-electron chi connectivity index (χ0n) is 14.0. The number of benzene rings is 2. The molecule has 0 aliphatic rings. The van der Waals surface area contributed by atoms with Gasteiger partial charge < -0.3 is 0 Å². The summed E-state index contributed by atoms with van der Waals surface area (Å²) in [6.45, 7) is 1.80. The van der Waals surface area contributed by atoms with Crippen molar-refractivity contribution in [2.75, 3.05) is 6.26 Å². The maximum Gasteiger partial charge on any atom is 0.213 e. The van der Waals surface area contributed by atoms with Gasteiger partial charge in [0, 0.05) is 11.8 Å². The lowest BCUT2D eigenvalue weighted by Crippen LogP contribution is -1.96. The molecule has 0 N–H and O–H groups in total. The molecule has 2 heterocycles. The van der Waals surface area contributed by atoms with Gasteiger partial charge in [-0.25, -0.2) is 22.3 Å². The number of nitrogens with zero attached hydrogens (tertiary/aromatic N) is 3. The minimum Gasteiger partial charge on any atom is -0.224 e. The lowest BCUT2D eigenvalue weighted by Gasteiger charge is -2.06. The molecule has 0 saturated carbocycles. The highest BCUT2D eigenvalue weighted by Gasteiger charge is 2.19. The van der Waals surface area contributed by atoms with Gasteiger partial charge in [-0.1, -0.05) is 35.6 Å². The second-order valence-corrected chi connectivity index (χ2v) is 8.93. The Kier molecular flexibility index (Phi) is 3.89. The van der Waals surface area contributed by atoms with Crippen molar-refractivity contribution in [3.8, 4) is 21.7 Å². The Morgan fingerprint density at radius 1 is 1.08 bits per heavy atom. The van der Waals surface area contributed by atoms with Crippen molar-refractivity contribution < 1.29 is 12.8 Å². The summed E-state index contributed by atoms with van der Waals surface area (Å²) < 4.78 is 38.8. The van der Waals surface area contributed by atoms with Gasteiger partial charge in [0.05, 0.1) is 15.5 Å². The number of sulfone groups is 1. The van der Waals surface area contributed by atoms with Crippen molar-refractivity contribution in [2.45, 2.75) is 11.8 Å². The van der Waals surface area contributed by atoms with Gasteiger partial charge in [-0.05, 0) is 36.8 Å². The second-order valence-electron chi connectivity index (χ2n) is 5.94. The van der Waals surface area contributed by atoms with Crippen LogP contribution in [-0.4, -0.2) is 29.3 Å². The third-order valence-electron chi connectivity index (χ3n) is 3.95. The molecular weight excluding hydrogens is 373 g/mol. The van der Waals surface area contributed by atoms with E-state index in [1.807, 2.05) is 6.07 Å². The van der Waals surface area contributed by atoms with Crippen LogP contribution in [0.15, 0.2) is 53.4 Å². The summed E-state index contributed by atoms with van der Waals surface area (Å²) in [5, 5.41) is 4.42. The van der Waals surface area contributed by atoms with Crippen molar-refractivity contribution in [1.82, 2.24) is 14.6 Å². The molecule has 0 aliphatic carbocycles. The molecular formula is C18H14FN3O2S2. The van der Waals surface area contributed by atoms with E-state index in [1.165, 1.54) is 29.7 Å². The molecule has 5 nitrogen and oxygen atoms in total. The molecule has 2 aromatic heterocycles. The van der Waals surface area contributed by atoms with Crippen molar-refractivity contribution in [2.24, 2.45) is 0 Å². The van der Waals surface area contributed by atoms with E-state index in [1.54, 1.807) is 41.8 Å². The number of aryl methyl sites for hydroxylation is 1. The molecule has 4 aromatic rings. The molecule has 0 radical (unpaired) electrons. The Labute approximate surface area is 153 Å². The highest BCUT2D eigenvalue weighted by molar-refractivity contribution is 7.90. The molecule has 0 fully saturated rings. The van der Waals surface area contributed by atoms with E-state index >= 15 is 0 Å². The van der Waals surface area contributed by atoms with E-state index in [0.717, 1.165) is 16.1 Å². The van der Waals surface area contributed by atoms with E-state index in [2.05, 4.69) is 10.1 Å². The molecule has 0 amide bonds. The zero-order valence-corrected chi connectivity index (χ0v) is 15.6. The maximum atomic E-state index is 13.8. The topological polar surface area (TPSA) is 64.3 Å². The number of aromatic nitrogens is 3. The minimum atomic E-state index is -3.27. The average Bonchev–Trinajstić information content (AvgIpc) is 3.10. The standard InChI is InChI=1S/C18H14FN3O2S2/c1-11-20-18-22(21-11)16(13-4-3-5-14(19)10-13)17(25-18)12-6-8-15(9-7-12)26(2,23)24/h3-10H,1-2H3. The number of fused-ring (bicyclic) bond motifs is 1. The Bertz CT molecular complexity index is 1230. The molecule has 0 bridgehead atoms. The number of rotatable bonds is 3. The van der Waals surface area contributed by atoms with Crippen LogP contribution in [-0.2, 0) is 9.84 Å². The number of thiazole rings is 1. The molecule has 2 aromatic carbocycles. The molecule has 0 aliphatic heterocycles. The lowest BCUT2D eigenvalue weighted by molar-refractivity contribution is 0.602. The smallest absolute Gasteiger partial charge is 0.213 e. The number of hydrogen-bond donors (Lipinski definition) is 0. The second kappa shape index (κ2) is 6.00. The molecule has 26 heavy (non-hydrogen) atoms. The van der Waals surface area contributed by atoms with Crippen LogP contribution in [0.2, 0.25) is 0 Å². The summed E-state index contributed by atoms with van der Waals surface area (Å²) in [5.41, 5.74) is 2.24. The van der Waals surface area contributed by atoms with Crippen molar-refractivity contribution in [1.29, 1.82) is 0 Å². The summed E-state index contributed by atoms with van der Waals surface area (Å²) in [6, 6.07) is 12.9. The van der Waals surface area contributed by atoms with Crippen LogP contribution in [0.4, 0.5) is 4.39 Å². The fourth-order valence-corrected chi connectivity index (χ4v) is 4.55. The first-order valence-electron chi connectivity index (χ1n) is 7.75. The first-order chi connectivity index (χ1) is 12.3. The Balaban J connectivity index is 1.95. The van der Waals surface area contributed by atoms with Crippen LogP contribution in [0.25, 0.3) is 26.7 Å². The van der Waals surface area contributed by atoms with E-state index in [4.69, 9.17) is 0 Å². The summed E-state index contributed by atoms with van der Waals surface area (Å²) >= 11 is 1.43. The molecule has 0 atom stereocenters. The minimum absolute atomic E-state index is 0.254. The highest BCUT2D eigenvalue weighted by Crippen LogP contribution is 2.39. The summed E-state index contributed by atoms with van der Waals surface area (Å²) in [7, 11) is -3.27. The van der Waals surface area contributed by atoms with Gasteiger partial charge in [-0.2, -0.15) is 5.10 Å². The van der Waals surface area contributed by atoms with E-state index in [9.17, 15) is 12.8 Å². The van der Waals surface area contributed by atoms with E-state index < -0.39 is 9.84 Å². The van der Waals surface area contributed by atoms with Gasteiger partial charge in [0.2, 0.25) is 4.96 Å². The van der Waals surface area contributed by atoms with E-state index in [0.29, 0.717) is 16.3 Å². The normalized spacial score (nSPS) is 12.0. The van der Waals surface area contributed by atoms with Crippen LogP contribution in [0.5, 0.6) is 0 Å². The fraction of sp³-hybridized carbons (Fsp3) is 0.111. The third kappa shape index (κ3) is 2.91. The summed E-state index contributed by atoms with van der Waals surface area (Å²) in [5.74, 6) is 0.296. The van der Waals surface area contributed by atoms with Crippen LogP contribution in [0.1, 0.15) is 5.82 Å². The van der Waals surface area contributed by atoms with Crippen LogP contribution in [0, 0.1) is 12.7 Å². The molecule has 0 unspecified atom stereocenters. The predicted octanol–water partition coefficient (Wildman–Crippen LogP) is 3.98. The van der Waals surface area contributed by atoms with Crippen molar-refractivity contribution in [3.63, 3.8) is 0 Å². The summed E-state index contributed by atoms with van der Waals surface area (Å²) in [4.78, 5) is 6.21. The molecule has 8 heteroatoms. The van der Waals surface area contributed by atoms with Gasteiger partial charge in [0.25, 0.3) is 0 Å². The van der Waals surface area contributed by atoms with Gasteiger partial charge in [0.1, 0.15) is 11.6 Å².